The molecule has 0 aliphatic heterocycles. The predicted molar refractivity (Wildman–Crippen MR) is 201 cm³/mol. The van der Waals surface area contributed by atoms with E-state index in [1.807, 2.05) is 0 Å². The Kier molecular flexibility index (Phi) is 36.0. The minimum Gasteiger partial charge on any atom is -0.462 e. The molecule has 6 nitrogen and oxygen atoms in total. The first-order chi connectivity index (χ1) is 23.5. The van der Waals surface area contributed by atoms with Gasteiger partial charge in [-0.3, -0.25) is 14.4 Å². The van der Waals surface area contributed by atoms with Crippen LogP contribution in [0.15, 0.2) is 24.3 Å². The van der Waals surface area contributed by atoms with Crippen LogP contribution in [0.4, 0.5) is 0 Å². The van der Waals surface area contributed by atoms with Crippen LogP contribution >= 0.6 is 0 Å². The Morgan fingerprint density at radius 3 is 1.12 bits per heavy atom. The Bertz CT molecular complexity index is 789. The molecule has 0 aromatic rings. The van der Waals surface area contributed by atoms with E-state index >= 15 is 0 Å². The lowest BCUT2D eigenvalue weighted by Crippen LogP contribution is -2.30. The second kappa shape index (κ2) is 37.7. The molecule has 0 aliphatic carbocycles. The van der Waals surface area contributed by atoms with E-state index in [0.717, 1.165) is 51.4 Å². The first-order valence-electron chi connectivity index (χ1n) is 20.3. The molecule has 0 aliphatic rings. The Balaban J connectivity index is 4.40. The van der Waals surface area contributed by atoms with Gasteiger partial charge in [0.15, 0.2) is 6.10 Å². The van der Waals surface area contributed by atoms with E-state index in [1.54, 1.807) is 0 Å². The van der Waals surface area contributed by atoms with Gasteiger partial charge in [-0.2, -0.15) is 0 Å². The summed E-state index contributed by atoms with van der Waals surface area (Å²) < 4.78 is 16.5. The zero-order chi connectivity index (χ0) is 35.2. The molecular weight excluding hydrogens is 600 g/mol. The maximum absolute atomic E-state index is 12.6. The van der Waals surface area contributed by atoms with E-state index in [4.69, 9.17) is 14.2 Å². The summed E-state index contributed by atoms with van der Waals surface area (Å²) in [5.74, 6) is -0.965. The second-order valence-corrected chi connectivity index (χ2v) is 13.5. The van der Waals surface area contributed by atoms with Crippen LogP contribution in [0.1, 0.15) is 207 Å². The third-order valence-corrected chi connectivity index (χ3v) is 8.68. The van der Waals surface area contributed by atoms with Gasteiger partial charge in [0.2, 0.25) is 0 Å². The average molecular weight is 677 g/mol. The van der Waals surface area contributed by atoms with Crippen LogP contribution in [0.2, 0.25) is 0 Å². The molecule has 0 bridgehead atoms. The largest absolute Gasteiger partial charge is 0.462 e. The fourth-order valence-electron chi connectivity index (χ4n) is 5.57. The zero-order valence-electron chi connectivity index (χ0n) is 31.8. The van der Waals surface area contributed by atoms with Crippen LogP contribution in [0.3, 0.4) is 0 Å². The smallest absolute Gasteiger partial charge is 0.306 e. The molecule has 0 N–H and O–H groups in total. The number of rotatable bonds is 36. The highest BCUT2D eigenvalue weighted by molar-refractivity contribution is 5.71. The van der Waals surface area contributed by atoms with Crippen molar-refractivity contribution in [3.05, 3.63) is 24.3 Å². The third-order valence-electron chi connectivity index (χ3n) is 8.68. The molecule has 0 fully saturated rings. The van der Waals surface area contributed by atoms with Crippen LogP contribution in [-0.4, -0.2) is 37.2 Å². The zero-order valence-corrected chi connectivity index (χ0v) is 31.8. The van der Waals surface area contributed by atoms with Gasteiger partial charge in [-0.05, 0) is 57.8 Å². The SMILES string of the molecule is CCCCCC/C=C\CCCC(=O)OCC(COC(=O)CCCCCCCCCCCCCC)OC(=O)CCC/C=C\CCCCCC. The summed E-state index contributed by atoms with van der Waals surface area (Å²) in [4.78, 5) is 37.4. The van der Waals surface area contributed by atoms with E-state index in [2.05, 4.69) is 45.1 Å². The van der Waals surface area contributed by atoms with Crippen LogP contribution in [0, 0.1) is 0 Å². The number of ether oxygens (including phenoxy) is 3. The number of unbranched alkanes of at least 4 members (excludes halogenated alkanes) is 21. The van der Waals surface area contributed by atoms with Crippen molar-refractivity contribution in [2.75, 3.05) is 13.2 Å². The summed E-state index contributed by atoms with van der Waals surface area (Å²) >= 11 is 0. The maximum Gasteiger partial charge on any atom is 0.306 e. The van der Waals surface area contributed by atoms with E-state index in [0.29, 0.717) is 19.3 Å². The lowest BCUT2D eigenvalue weighted by atomic mass is 10.0. The standard InChI is InChI=1S/C42H76O6/c1-4-7-10-13-16-19-20-21-24-26-29-32-35-41(44)47-38-39(48-42(45)36-33-30-27-23-18-15-12-9-6-3)37-46-40(43)34-31-28-25-22-17-14-11-8-5-2/h22-23,25,27,39H,4-21,24,26,28-38H2,1-3H3/b25-22-,27-23-. The van der Waals surface area contributed by atoms with Crippen molar-refractivity contribution in [1.82, 2.24) is 0 Å². The normalized spacial score (nSPS) is 12.1. The molecule has 280 valence electrons. The van der Waals surface area contributed by atoms with E-state index in [1.165, 1.54) is 109 Å². The molecule has 0 radical (unpaired) electrons. The Morgan fingerprint density at radius 2 is 0.708 bits per heavy atom. The quantitative estimate of drug-likeness (QED) is 0.0284. The number of carbonyl (C=O) groups is 3. The summed E-state index contributed by atoms with van der Waals surface area (Å²) in [6.45, 7) is 6.50. The molecule has 6 heteroatoms. The number of allylic oxidation sites excluding steroid dienone is 4. The second-order valence-electron chi connectivity index (χ2n) is 13.5. The molecule has 1 atom stereocenters. The minimum atomic E-state index is -0.788. The van der Waals surface area contributed by atoms with E-state index in [-0.39, 0.29) is 37.5 Å². The summed E-state index contributed by atoms with van der Waals surface area (Å²) in [5.41, 5.74) is 0. The van der Waals surface area contributed by atoms with Gasteiger partial charge < -0.3 is 14.2 Å². The Morgan fingerprint density at radius 1 is 0.396 bits per heavy atom. The van der Waals surface area contributed by atoms with Gasteiger partial charge >= 0.3 is 17.9 Å². The molecule has 48 heavy (non-hydrogen) atoms. The monoisotopic (exact) mass is 677 g/mol. The summed E-state index contributed by atoms with van der Waals surface area (Å²) in [6, 6.07) is 0. The van der Waals surface area contributed by atoms with Gasteiger partial charge in [-0.15, -0.1) is 0 Å². The highest BCUT2D eigenvalue weighted by atomic mass is 16.6. The van der Waals surface area contributed by atoms with Gasteiger partial charge in [0.1, 0.15) is 13.2 Å². The Hall–Kier alpha value is -2.11. The molecule has 0 amide bonds. The van der Waals surface area contributed by atoms with Gasteiger partial charge in [0.05, 0.1) is 0 Å². The van der Waals surface area contributed by atoms with Crippen molar-refractivity contribution >= 4 is 17.9 Å². The van der Waals surface area contributed by atoms with Gasteiger partial charge in [-0.1, -0.05) is 154 Å². The first-order valence-corrected chi connectivity index (χ1v) is 20.3. The van der Waals surface area contributed by atoms with Crippen molar-refractivity contribution in [3.8, 4) is 0 Å². The number of hydrogen-bond acceptors (Lipinski definition) is 6. The fourth-order valence-corrected chi connectivity index (χ4v) is 5.57. The highest BCUT2D eigenvalue weighted by Gasteiger charge is 2.19. The first kappa shape index (κ1) is 45.9. The van der Waals surface area contributed by atoms with E-state index in [9.17, 15) is 14.4 Å². The number of esters is 3. The Labute approximate surface area is 296 Å². The lowest BCUT2D eigenvalue weighted by Gasteiger charge is -2.18. The molecule has 0 saturated carbocycles. The summed E-state index contributed by atoms with van der Waals surface area (Å²) in [7, 11) is 0. The van der Waals surface area contributed by atoms with Crippen LogP contribution in [-0.2, 0) is 28.6 Å². The molecule has 0 saturated heterocycles. The average Bonchev–Trinajstić information content (AvgIpc) is 3.08. The van der Waals surface area contributed by atoms with Crippen molar-refractivity contribution in [2.45, 2.75) is 213 Å². The predicted octanol–water partition coefficient (Wildman–Crippen LogP) is 12.5. The molecule has 0 aromatic carbocycles. The lowest BCUT2D eigenvalue weighted by molar-refractivity contribution is -0.167. The van der Waals surface area contributed by atoms with E-state index < -0.39 is 6.10 Å². The summed E-state index contributed by atoms with van der Waals surface area (Å²) in [5, 5.41) is 0. The topological polar surface area (TPSA) is 78.9 Å². The van der Waals surface area contributed by atoms with Crippen molar-refractivity contribution < 1.29 is 28.6 Å². The molecule has 0 spiro atoms. The molecule has 0 heterocycles. The number of hydrogen-bond donors (Lipinski definition) is 0. The highest BCUT2D eigenvalue weighted by Crippen LogP contribution is 2.13. The van der Waals surface area contributed by atoms with Gasteiger partial charge in [0.25, 0.3) is 0 Å². The molecule has 0 rings (SSSR count). The van der Waals surface area contributed by atoms with Crippen molar-refractivity contribution in [3.63, 3.8) is 0 Å². The van der Waals surface area contributed by atoms with Crippen LogP contribution in [0.5, 0.6) is 0 Å². The van der Waals surface area contributed by atoms with Crippen LogP contribution in [0.25, 0.3) is 0 Å². The van der Waals surface area contributed by atoms with Gasteiger partial charge in [-0.25, -0.2) is 0 Å². The number of carbonyl (C=O) groups excluding carboxylic acids is 3. The van der Waals surface area contributed by atoms with Gasteiger partial charge in [0, 0.05) is 19.3 Å². The van der Waals surface area contributed by atoms with Crippen molar-refractivity contribution in [1.29, 1.82) is 0 Å². The molecule has 0 aromatic heterocycles. The summed E-state index contributed by atoms with van der Waals surface area (Å²) in [6.07, 6.45) is 38.9. The molecule has 1 unspecified atom stereocenters. The third kappa shape index (κ3) is 35.2. The van der Waals surface area contributed by atoms with Crippen LogP contribution < -0.4 is 0 Å². The minimum absolute atomic E-state index is 0.0887. The molecular formula is C42H76O6. The van der Waals surface area contributed by atoms with Crippen molar-refractivity contribution in [2.24, 2.45) is 0 Å². The fraction of sp³-hybridized carbons (Fsp3) is 0.833. The maximum atomic E-state index is 12.6.